The molecular formula is C29H34N3O+. The lowest BCUT2D eigenvalue weighted by atomic mass is 9.99. The van der Waals surface area contributed by atoms with Gasteiger partial charge in [0.1, 0.15) is 6.54 Å². The number of likely N-dealkylation sites (tertiary alicyclic amines) is 1. The molecule has 33 heavy (non-hydrogen) atoms. The van der Waals surface area contributed by atoms with Crippen LogP contribution in [0, 0.1) is 0 Å². The van der Waals surface area contributed by atoms with Gasteiger partial charge in [-0.2, -0.15) is 0 Å². The van der Waals surface area contributed by atoms with Crippen LogP contribution in [0.3, 0.4) is 0 Å². The van der Waals surface area contributed by atoms with Gasteiger partial charge in [-0.15, -0.1) is 0 Å². The number of nitrogens with zero attached hydrogens (tertiary/aromatic N) is 3. The van der Waals surface area contributed by atoms with Crippen molar-refractivity contribution in [3.63, 3.8) is 0 Å². The van der Waals surface area contributed by atoms with Crippen LogP contribution in [0.15, 0.2) is 91.0 Å². The first kappa shape index (κ1) is 21.7. The third kappa shape index (κ3) is 4.81. The predicted octanol–water partition coefficient (Wildman–Crippen LogP) is 5.47. The molecule has 3 aromatic carbocycles. The van der Waals surface area contributed by atoms with E-state index in [-0.39, 0.29) is 12.1 Å². The minimum Gasteiger partial charge on any atom is -0.322 e. The third-order valence-corrected chi connectivity index (χ3v) is 7.47. The van der Waals surface area contributed by atoms with Crippen LogP contribution in [0.25, 0.3) is 0 Å². The first-order chi connectivity index (χ1) is 16.1. The number of quaternary nitrogens is 1. The molecule has 4 nitrogen and oxygen atoms in total. The zero-order valence-electron chi connectivity index (χ0n) is 19.5. The lowest BCUT2D eigenvalue weighted by molar-refractivity contribution is -0.927. The fraction of sp³-hybridized carbons (Fsp3) is 0.345. The number of urea groups is 1. The summed E-state index contributed by atoms with van der Waals surface area (Å²) in [6.07, 6.45) is 2.13. The van der Waals surface area contributed by atoms with Crippen LogP contribution >= 0.6 is 0 Å². The summed E-state index contributed by atoms with van der Waals surface area (Å²) in [5.74, 6) is 0. The summed E-state index contributed by atoms with van der Waals surface area (Å²) in [5, 5.41) is 0. The maximum absolute atomic E-state index is 13.7. The van der Waals surface area contributed by atoms with Crippen molar-refractivity contribution < 1.29 is 9.28 Å². The molecule has 2 amide bonds. The molecule has 0 aliphatic carbocycles. The number of rotatable bonds is 6. The molecule has 3 aromatic rings. The Kier molecular flexibility index (Phi) is 6.19. The van der Waals surface area contributed by atoms with E-state index in [1.807, 2.05) is 12.1 Å². The molecule has 0 saturated carbocycles. The van der Waals surface area contributed by atoms with Crippen molar-refractivity contribution in [1.82, 2.24) is 9.80 Å². The molecule has 1 unspecified atom stereocenters. The molecule has 0 N–H and O–H groups in total. The standard InChI is InChI=1S/C29H34N3O/c1-32(23-25-13-7-3-8-14-25)19-17-27(18-20-32)30-22-28(26-15-9-4-10-16-26)31(29(30)33)21-24-11-5-2-6-12-24/h2-16,27-28H,17-23H2,1H3/q+1. The molecule has 0 aromatic heterocycles. The van der Waals surface area contributed by atoms with Crippen molar-refractivity contribution in [2.24, 2.45) is 0 Å². The van der Waals surface area contributed by atoms with Gasteiger partial charge in [0.25, 0.3) is 0 Å². The second-order valence-corrected chi connectivity index (χ2v) is 9.92. The maximum atomic E-state index is 13.7. The summed E-state index contributed by atoms with van der Waals surface area (Å²) < 4.78 is 1.05. The van der Waals surface area contributed by atoms with Gasteiger partial charge in [-0.25, -0.2) is 4.79 Å². The number of amides is 2. The van der Waals surface area contributed by atoms with Crippen LogP contribution in [0.5, 0.6) is 0 Å². The summed E-state index contributed by atoms with van der Waals surface area (Å²) >= 11 is 0. The molecule has 2 aliphatic heterocycles. The second-order valence-electron chi connectivity index (χ2n) is 9.92. The molecule has 2 fully saturated rings. The van der Waals surface area contributed by atoms with E-state index in [0.717, 1.165) is 43.5 Å². The van der Waals surface area contributed by atoms with Crippen molar-refractivity contribution in [3.8, 4) is 0 Å². The zero-order valence-corrected chi connectivity index (χ0v) is 19.5. The second kappa shape index (κ2) is 9.40. The zero-order chi connectivity index (χ0) is 22.7. The number of hydrogen-bond acceptors (Lipinski definition) is 1. The number of hydrogen-bond donors (Lipinski definition) is 0. The van der Waals surface area contributed by atoms with Crippen LogP contribution in [0.2, 0.25) is 0 Å². The van der Waals surface area contributed by atoms with Gasteiger partial charge in [0.05, 0.1) is 26.2 Å². The molecule has 0 radical (unpaired) electrons. The summed E-state index contributed by atoms with van der Waals surface area (Å²) in [6.45, 7) is 4.72. The molecule has 4 heteroatoms. The Bertz CT molecular complexity index is 1050. The average Bonchev–Trinajstić information content (AvgIpc) is 3.17. The molecule has 0 spiro atoms. The number of benzene rings is 3. The maximum Gasteiger partial charge on any atom is 0.321 e. The highest BCUT2D eigenvalue weighted by Crippen LogP contribution is 2.35. The van der Waals surface area contributed by atoms with Crippen molar-refractivity contribution in [3.05, 3.63) is 108 Å². The van der Waals surface area contributed by atoms with Gasteiger partial charge in [-0.05, 0) is 11.1 Å². The summed E-state index contributed by atoms with van der Waals surface area (Å²) in [7, 11) is 2.36. The minimum atomic E-state index is 0.103. The highest BCUT2D eigenvalue weighted by molar-refractivity contribution is 5.78. The fourth-order valence-corrected chi connectivity index (χ4v) is 5.56. The molecule has 5 rings (SSSR count). The van der Waals surface area contributed by atoms with E-state index in [1.165, 1.54) is 16.7 Å². The minimum absolute atomic E-state index is 0.103. The van der Waals surface area contributed by atoms with Crippen LogP contribution < -0.4 is 0 Å². The summed E-state index contributed by atoms with van der Waals surface area (Å²) in [5.41, 5.74) is 3.81. The van der Waals surface area contributed by atoms with E-state index in [4.69, 9.17) is 0 Å². The lowest BCUT2D eigenvalue weighted by Crippen LogP contribution is -2.54. The Morgan fingerprint density at radius 3 is 1.94 bits per heavy atom. The Balaban J connectivity index is 1.31. The topological polar surface area (TPSA) is 23.6 Å². The van der Waals surface area contributed by atoms with E-state index in [2.05, 4.69) is 95.7 Å². The van der Waals surface area contributed by atoms with E-state index in [9.17, 15) is 4.79 Å². The van der Waals surface area contributed by atoms with Crippen molar-refractivity contribution in [2.45, 2.75) is 38.0 Å². The van der Waals surface area contributed by atoms with Gasteiger partial charge in [0.2, 0.25) is 0 Å². The van der Waals surface area contributed by atoms with Crippen LogP contribution in [0.4, 0.5) is 4.79 Å². The SMILES string of the molecule is C[N+]1(Cc2ccccc2)CCC(N2CC(c3ccccc3)N(Cc3ccccc3)C2=O)CC1. The summed E-state index contributed by atoms with van der Waals surface area (Å²) in [4.78, 5) is 17.9. The fourth-order valence-electron chi connectivity index (χ4n) is 5.56. The quantitative estimate of drug-likeness (QED) is 0.466. The van der Waals surface area contributed by atoms with Crippen LogP contribution in [-0.4, -0.2) is 53.0 Å². The van der Waals surface area contributed by atoms with Crippen LogP contribution in [0.1, 0.15) is 35.6 Å². The lowest BCUT2D eigenvalue weighted by Gasteiger charge is -2.42. The average molecular weight is 441 g/mol. The van der Waals surface area contributed by atoms with E-state index in [1.54, 1.807) is 0 Å². The molecule has 2 saturated heterocycles. The summed E-state index contributed by atoms with van der Waals surface area (Å²) in [6, 6.07) is 32.3. The van der Waals surface area contributed by atoms with Gasteiger partial charge < -0.3 is 14.3 Å². The number of carbonyl (C=O) groups is 1. The van der Waals surface area contributed by atoms with E-state index >= 15 is 0 Å². The normalized spacial score (nSPS) is 25.4. The van der Waals surface area contributed by atoms with Gasteiger partial charge in [-0.1, -0.05) is 91.0 Å². The Hall–Kier alpha value is -3.11. The Morgan fingerprint density at radius 1 is 0.788 bits per heavy atom. The first-order valence-electron chi connectivity index (χ1n) is 12.1. The largest absolute Gasteiger partial charge is 0.322 e. The van der Waals surface area contributed by atoms with Gasteiger partial charge in [0, 0.05) is 37.5 Å². The van der Waals surface area contributed by atoms with Crippen molar-refractivity contribution in [2.75, 3.05) is 26.7 Å². The molecule has 0 bridgehead atoms. The van der Waals surface area contributed by atoms with Gasteiger partial charge in [-0.3, -0.25) is 0 Å². The van der Waals surface area contributed by atoms with E-state index < -0.39 is 0 Å². The molecule has 1 atom stereocenters. The third-order valence-electron chi connectivity index (χ3n) is 7.47. The smallest absolute Gasteiger partial charge is 0.321 e. The van der Waals surface area contributed by atoms with Gasteiger partial charge in [0.15, 0.2) is 0 Å². The van der Waals surface area contributed by atoms with E-state index in [0.29, 0.717) is 12.6 Å². The highest BCUT2D eigenvalue weighted by atomic mass is 16.2. The van der Waals surface area contributed by atoms with Crippen LogP contribution in [-0.2, 0) is 13.1 Å². The Morgan fingerprint density at radius 2 is 1.33 bits per heavy atom. The first-order valence-corrected chi connectivity index (χ1v) is 12.1. The molecule has 170 valence electrons. The van der Waals surface area contributed by atoms with Gasteiger partial charge >= 0.3 is 6.03 Å². The highest BCUT2D eigenvalue weighted by Gasteiger charge is 2.43. The van der Waals surface area contributed by atoms with Crippen molar-refractivity contribution >= 4 is 6.03 Å². The molecular weight excluding hydrogens is 406 g/mol. The molecule has 2 aliphatic rings. The predicted molar refractivity (Wildman–Crippen MR) is 132 cm³/mol. The Labute approximate surface area is 197 Å². The molecule has 2 heterocycles. The monoisotopic (exact) mass is 440 g/mol. The number of carbonyl (C=O) groups excluding carboxylic acids is 1. The van der Waals surface area contributed by atoms with Crippen molar-refractivity contribution in [1.29, 1.82) is 0 Å². The number of piperidine rings is 1.